The molecule has 0 saturated carbocycles. The quantitative estimate of drug-likeness (QED) is 0.677. The van der Waals surface area contributed by atoms with Crippen LogP contribution in [0.2, 0.25) is 0 Å². The van der Waals surface area contributed by atoms with E-state index in [1.807, 2.05) is 0 Å². The highest BCUT2D eigenvalue weighted by Gasteiger charge is 2.48. The second-order valence-electron chi connectivity index (χ2n) is 2.23. The minimum atomic E-state index is -5.41. The van der Waals surface area contributed by atoms with Crippen LogP contribution in [0, 0.1) is 0 Å². The van der Waals surface area contributed by atoms with E-state index in [1.165, 1.54) is 0 Å². The Labute approximate surface area is 72.6 Å². The number of ether oxygens (including phenoxy) is 1. The molecule has 0 spiro atoms. The highest BCUT2D eigenvalue weighted by molar-refractivity contribution is 4.78. The predicted molar refractivity (Wildman–Crippen MR) is 27.9 cm³/mol. The molecule has 0 heterocycles. The van der Waals surface area contributed by atoms with Crippen molar-refractivity contribution in [3.05, 3.63) is 0 Å². The molecule has 0 fully saturated rings. The lowest BCUT2D eigenvalue weighted by Crippen LogP contribution is -2.41. The third-order valence-electron chi connectivity index (χ3n) is 1.05. The van der Waals surface area contributed by atoms with E-state index in [4.69, 9.17) is 0 Å². The summed E-state index contributed by atoms with van der Waals surface area (Å²) in [5.74, 6) is -4.87. The molecule has 9 heteroatoms. The van der Waals surface area contributed by atoms with Crippen LogP contribution in [0.1, 0.15) is 0 Å². The van der Waals surface area contributed by atoms with Gasteiger partial charge in [-0.1, -0.05) is 0 Å². The van der Waals surface area contributed by atoms with Gasteiger partial charge in [0, 0.05) is 0 Å². The summed E-state index contributed by atoms with van der Waals surface area (Å²) in [7, 11) is 0. The Morgan fingerprint density at radius 2 is 1.36 bits per heavy atom. The van der Waals surface area contributed by atoms with Crippen LogP contribution in [0.3, 0.4) is 0 Å². The van der Waals surface area contributed by atoms with Crippen LogP contribution in [-0.4, -0.2) is 31.5 Å². The van der Waals surface area contributed by atoms with E-state index in [0.717, 1.165) is 0 Å². The van der Waals surface area contributed by atoms with Gasteiger partial charge in [-0.3, -0.25) is 4.74 Å². The van der Waals surface area contributed by atoms with E-state index >= 15 is 0 Å². The molecular formula is C5H4F8O. The molecule has 14 heavy (non-hydrogen) atoms. The van der Waals surface area contributed by atoms with Gasteiger partial charge in [0.25, 0.3) is 6.43 Å². The van der Waals surface area contributed by atoms with Crippen molar-refractivity contribution >= 4 is 0 Å². The Morgan fingerprint density at radius 3 is 1.64 bits per heavy atom. The van der Waals surface area contributed by atoms with Gasteiger partial charge in [0.1, 0.15) is 6.61 Å². The minimum Gasteiger partial charge on any atom is -0.285 e. The molecule has 0 radical (unpaired) electrons. The van der Waals surface area contributed by atoms with Gasteiger partial charge in [-0.2, -0.15) is 0 Å². The lowest BCUT2D eigenvalue weighted by atomic mass is 10.2. The predicted octanol–water partition coefficient (Wildman–Crippen LogP) is 2.76. The van der Waals surface area contributed by atoms with E-state index in [0.29, 0.717) is 0 Å². The van der Waals surface area contributed by atoms with Crippen LogP contribution in [0.5, 0.6) is 0 Å². The zero-order valence-electron chi connectivity index (χ0n) is 6.29. The Kier molecular flexibility index (Phi) is 4.10. The van der Waals surface area contributed by atoms with Crippen LogP contribution < -0.4 is 0 Å². The third-order valence-corrected chi connectivity index (χ3v) is 1.05. The zero-order valence-corrected chi connectivity index (χ0v) is 6.29. The molecule has 86 valence electrons. The first kappa shape index (κ1) is 13.4. The number of rotatable bonds is 4. The fourth-order valence-electron chi connectivity index (χ4n) is 0.442. The van der Waals surface area contributed by atoms with Gasteiger partial charge >= 0.3 is 12.3 Å². The van der Waals surface area contributed by atoms with Gasteiger partial charge < -0.3 is 0 Å². The van der Waals surface area contributed by atoms with Crippen LogP contribution in [0.15, 0.2) is 0 Å². The van der Waals surface area contributed by atoms with Gasteiger partial charge in [-0.05, 0) is 0 Å². The molecule has 0 bridgehead atoms. The Hall–Kier alpha value is -0.600. The number of halogens is 8. The average molecular weight is 232 g/mol. The molecule has 0 aliphatic rings. The number of hydrogen-bond donors (Lipinski definition) is 0. The summed E-state index contributed by atoms with van der Waals surface area (Å²) in [5, 5.41) is 0. The molecule has 0 aromatic carbocycles. The summed E-state index contributed by atoms with van der Waals surface area (Å²) in [6.45, 7) is -2.47. The van der Waals surface area contributed by atoms with Crippen molar-refractivity contribution in [2.75, 3.05) is 6.61 Å². The highest BCUT2D eigenvalue weighted by Crippen LogP contribution is 2.29. The summed E-state index contributed by atoms with van der Waals surface area (Å²) >= 11 is 0. The summed E-state index contributed by atoms with van der Waals surface area (Å²) in [6, 6.07) is 0. The normalized spacial score (nSPS) is 16.1. The van der Waals surface area contributed by atoms with Crippen molar-refractivity contribution in [1.29, 1.82) is 0 Å². The second kappa shape index (κ2) is 4.28. The molecule has 0 amide bonds. The topological polar surface area (TPSA) is 9.23 Å². The van der Waals surface area contributed by atoms with Crippen molar-refractivity contribution in [1.82, 2.24) is 0 Å². The molecule has 1 nitrogen and oxygen atoms in total. The van der Waals surface area contributed by atoms with Crippen LogP contribution in [0.4, 0.5) is 35.1 Å². The molecule has 1 atom stereocenters. The van der Waals surface area contributed by atoms with Crippen molar-refractivity contribution in [2.24, 2.45) is 0 Å². The SMILES string of the molecule is FC(F)C(F)C(F)(F)COC(F)(F)F. The maximum absolute atomic E-state index is 12.1. The molecule has 0 aromatic rings. The second-order valence-corrected chi connectivity index (χ2v) is 2.23. The van der Waals surface area contributed by atoms with Gasteiger partial charge in [0.05, 0.1) is 0 Å². The number of alkyl halides is 8. The van der Waals surface area contributed by atoms with Gasteiger partial charge in [0.2, 0.25) is 6.17 Å². The maximum Gasteiger partial charge on any atom is 0.522 e. The monoisotopic (exact) mass is 232 g/mol. The van der Waals surface area contributed by atoms with E-state index in [9.17, 15) is 35.1 Å². The summed E-state index contributed by atoms with van der Waals surface area (Å²) in [5.41, 5.74) is 0. The Bertz CT molecular complexity index is 175. The molecule has 1 unspecified atom stereocenters. The van der Waals surface area contributed by atoms with Gasteiger partial charge in [-0.15, -0.1) is 13.2 Å². The van der Waals surface area contributed by atoms with Crippen molar-refractivity contribution in [3.8, 4) is 0 Å². The zero-order chi connectivity index (χ0) is 11.6. The van der Waals surface area contributed by atoms with E-state index in [-0.39, 0.29) is 0 Å². The highest BCUT2D eigenvalue weighted by atomic mass is 19.4. The average Bonchev–Trinajstić information content (AvgIpc) is 1.98. The first-order chi connectivity index (χ1) is 6.06. The molecule has 0 rings (SSSR count). The first-order valence-corrected chi connectivity index (χ1v) is 3.07. The smallest absolute Gasteiger partial charge is 0.285 e. The van der Waals surface area contributed by atoms with E-state index in [2.05, 4.69) is 4.74 Å². The van der Waals surface area contributed by atoms with Crippen molar-refractivity contribution < 1.29 is 39.9 Å². The first-order valence-electron chi connectivity index (χ1n) is 3.07. The fourth-order valence-corrected chi connectivity index (χ4v) is 0.442. The molecular weight excluding hydrogens is 228 g/mol. The van der Waals surface area contributed by atoms with Crippen LogP contribution >= 0.6 is 0 Å². The lowest BCUT2D eigenvalue weighted by Gasteiger charge is -2.20. The molecule has 0 saturated heterocycles. The Morgan fingerprint density at radius 1 is 0.929 bits per heavy atom. The standard InChI is InChI=1S/C5H4F8O/c6-2(3(7)8)4(9,10)1-14-5(11,12)13/h2-3H,1H2. The van der Waals surface area contributed by atoms with Crippen LogP contribution in [-0.2, 0) is 4.74 Å². The maximum atomic E-state index is 12.1. The molecule has 0 aliphatic heterocycles. The molecule has 0 aromatic heterocycles. The molecule has 0 aliphatic carbocycles. The van der Waals surface area contributed by atoms with Gasteiger partial charge in [-0.25, -0.2) is 22.0 Å². The fraction of sp³-hybridized carbons (Fsp3) is 1.00. The van der Waals surface area contributed by atoms with E-state index in [1.54, 1.807) is 0 Å². The summed E-state index contributed by atoms with van der Waals surface area (Å²) < 4.78 is 95.0. The lowest BCUT2D eigenvalue weighted by molar-refractivity contribution is -0.346. The number of hydrogen-bond acceptors (Lipinski definition) is 1. The Balaban J connectivity index is 4.20. The summed E-state index contributed by atoms with van der Waals surface area (Å²) in [6.07, 6.45) is -13.5. The molecule has 0 N–H and O–H groups in total. The van der Waals surface area contributed by atoms with E-state index < -0.39 is 31.5 Å². The summed E-state index contributed by atoms with van der Waals surface area (Å²) in [4.78, 5) is 0. The minimum absolute atomic E-state index is 2.47. The van der Waals surface area contributed by atoms with Crippen LogP contribution in [0.25, 0.3) is 0 Å². The third kappa shape index (κ3) is 4.58. The largest absolute Gasteiger partial charge is 0.522 e. The van der Waals surface area contributed by atoms with Crippen molar-refractivity contribution in [3.63, 3.8) is 0 Å². The van der Waals surface area contributed by atoms with Crippen molar-refractivity contribution in [2.45, 2.75) is 24.9 Å². The van der Waals surface area contributed by atoms with Gasteiger partial charge in [0.15, 0.2) is 0 Å².